The van der Waals surface area contributed by atoms with Gasteiger partial charge in [0.1, 0.15) is 22.5 Å². The molecule has 7 heteroatoms. The van der Waals surface area contributed by atoms with Crippen LogP contribution in [0.3, 0.4) is 0 Å². The Hall–Kier alpha value is -3.90. The SMILES string of the molecule is Cc1cc([C@@H](C)Nc2ccc(F)c(Cl)c2C(=O)O)c2oc3c(-c4ccccc4)ccnc3c2c1. The fraction of sp³-hybridized carbons (Fsp3) is 0.111. The van der Waals surface area contributed by atoms with Gasteiger partial charge in [-0.1, -0.05) is 48.0 Å². The van der Waals surface area contributed by atoms with Gasteiger partial charge in [-0.3, -0.25) is 4.98 Å². The third kappa shape index (κ3) is 3.66. The predicted octanol–water partition coefficient (Wildman–Crippen LogP) is 7.62. The number of aromatic carboxylic acids is 1. The molecule has 0 saturated carbocycles. The number of nitrogens with one attached hydrogen (secondary N) is 1. The van der Waals surface area contributed by atoms with Gasteiger partial charge in [-0.2, -0.15) is 0 Å². The molecular formula is C27H20ClFN2O3. The van der Waals surface area contributed by atoms with Crippen LogP contribution in [0.2, 0.25) is 5.02 Å². The number of pyridine rings is 1. The second-order valence-electron chi connectivity index (χ2n) is 8.19. The lowest BCUT2D eigenvalue weighted by Crippen LogP contribution is -2.12. The van der Waals surface area contributed by atoms with Gasteiger partial charge in [-0.05, 0) is 49.2 Å². The predicted molar refractivity (Wildman–Crippen MR) is 132 cm³/mol. The number of hydrogen-bond acceptors (Lipinski definition) is 4. The van der Waals surface area contributed by atoms with Crippen molar-refractivity contribution in [1.82, 2.24) is 4.98 Å². The molecule has 0 aliphatic carbocycles. The molecule has 0 aliphatic heterocycles. The van der Waals surface area contributed by atoms with Gasteiger partial charge in [-0.15, -0.1) is 0 Å². The molecule has 5 nitrogen and oxygen atoms in total. The van der Waals surface area contributed by atoms with Crippen molar-refractivity contribution in [2.45, 2.75) is 19.9 Å². The van der Waals surface area contributed by atoms with E-state index in [-0.39, 0.29) is 17.3 Å². The maximum Gasteiger partial charge on any atom is 0.339 e. The maximum atomic E-state index is 13.9. The highest BCUT2D eigenvalue weighted by atomic mass is 35.5. The minimum atomic E-state index is -1.31. The topological polar surface area (TPSA) is 75.4 Å². The van der Waals surface area contributed by atoms with Crippen molar-refractivity contribution >= 4 is 45.3 Å². The molecule has 5 rings (SSSR count). The van der Waals surface area contributed by atoms with Crippen molar-refractivity contribution < 1.29 is 18.7 Å². The van der Waals surface area contributed by atoms with Gasteiger partial charge >= 0.3 is 5.97 Å². The number of aryl methyl sites for hydroxylation is 1. The Labute approximate surface area is 199 Å². The normalized spacial score (nSPS) is 12.2. The smallest absolute Gasteiger partial charge is 0.339 e. The molecule has 0 spiro atoms. The number of anilines is 1. The summed E-state index contributed by atoms with van der Waals surface area (Å²) in [6.07, 6.45) is 1.77. The number of halogens is 2. The number of carboxylic acid groups (broad SMARTS) is 1. The first-order valence-corrected chi connectivity index (χ1v) is 11.1. The number of furan rings is 1. The third-order valence-electron chi connectivity index (χ3n) is 5.86. The van der Waals surface area contributed by atoms with Crippen molar-refractivity contribution in [3.05, 3.63) is 94.4 Å². The van der Waals surface area contributed by atoms with E-state index < -0.39 is 16.8 Å². The molecule has 0 fully saturated rings. The molecular weight excluding hydrogens is 455 g/mol. The van der Waals surface area contributed by atoms with Gasteiger partial charge < -0.3 is 14.8 Å². The third-order valence-corrected chi connectivity index (χ3v) is 6.23. The van der Waals surface area contributed by atoms with E-state index in [1.54, 1.807) is 6.20 Å². The average Bonchev–Trinajstić information content (AvgIpc) is 3.20. The zero-order valence-electron chi connectivity index (χ0n) is 18.4. The summed E-state index contributed by atoms with van der Waals surface area (Å²) in [5.74, 6) is -2.10. The number of benzene rings is 3. The van der Waals surface area contributed by atoms with Crippen molar-refractivity contribution in [3.63, 3.8) is 0 Å². The minimum Gasteiger partial charge on any atom is -0.478 e. The van der Waals surface area contributed by atoms with Crippen LogP contribution < -0.4 is 5.32 Å². The number of aromatic nitrogens is 1. The summed E-state index contributed by atoms with van der Waals surface area (Å²) in [7, 11) is 0. The lowest BCUT2D eigenvalue weighted by molar-refractivity contribution is 0.0697. The molecule has 5 aromatic rings. The summed E-state index contributed by atoms with van der Waals surface area (Å²) in [6.45, 7) is 3.86. The van der Waals surface area contributed by atoms with E-state index in [2.05, 4.69) is 10.3 Å². The number of rotatable bonds is 5. The zero-order chi connectivity index (χ0) is 24.0. The maximum absolute atomic E-state index is 13.9. The van der Waals surface area contributed by atoms with E-state index in [4.69, 9.17) is 16.0 Å². The monoisotopic (exact) mass is 474 g/mol. The Kier molecular flexibility index (Phi) is 5.46. The molecule has 0 aliphatic rings. The standard InChI is InChI=1S/C27H20ClFN2O3/c1-14-12-18(15(2)31-21-9-8-20(29)23(28)22(21)27(32)33)25-19(13-14)24-26(34-25)17(10-11-30-24)16-6-4-3-5-7-16/h3-13,15,31H,1-2H3,(H,32,33)/t15-/m1/s1. The largest absolute Gasteiger partial charge is 0.478 e. The summed E-state index contributed by atoms with van der Waals surface area (Å²) in [5, 5.41) is 13.2. The van der Waals surface area contributed by atoms with E-state index in [1.807, 2.05) is 62.4 Å². The van der Waals surface area contributed by atoms with Gasteiger partial charge in [-0.25, -0.2) is 9.18 Å². The van der Waals surface area contributed by atoms with E-state index in [1.165, 1.54) is 6.07 Å². The first kappa shape index (κ1) is 21.9. The molecule has 3 aromatic carbocycles. The minimum absolute atomic E-state index is 0.222. The summed E-state index contributed by atoms with van der Waals surface area (Å²) >= 11 is 5.95. The quantitative estimate of drug-likeness (QED) is 0.274. The molecule has 0 amide bonds. The van der Waals surface area contributed by atoms with Crippen LogP contribution in [0.15, 0.2) is 71.3 Å². The fourth-order valence-corrected chi connectivity index (χ4v) is 4.54. The highest BCUT2D eigenvalue weighted by Crippen LogP contribution is 2.39. The first-order valence-electron chi connectivity index (χ1n) is 10.7. The number of carbonyl (C=O) groups is 1. The molecule has 2 N–H and O–H groups in total. The van der Waals surface area contributed by atoms with Crippen LogP contribution in [0, 0.1) is 12.7 Å². The second kappa shape index (κ2) is 8.47. The van der Waals surface area contributed by atoms with E-state index in [0.29, 0.717) is 11.2 Å². The van der Waals surface area contributed by atoms with Gasteiger partial charge in [0.15, 0.2) is 5.58 Å². The lowest BCUT2D eigenvalue weighted by atomic mass is 10.0. The van der Waals surface area contributed by atoms with Gasteiger partial charge in [0.05, 0.1) is 16.8 Å². The Balaban J connectivity index is 1.66. The van der Waals surface area contributed by atoms with Crippen LogP contribution in [0.1, 0.15) is 34.5 Å². The van der Waals surface area contributed by atoms with Crippen molar-refractivity contribution in [2.75, 3.05) is 5.32 Å². The summed E-state index contributed by atoms with van der Waals surface area (Å²) in [6, 6.07) is 18.0. The molecule has 0 unspecified atom stereocenters. The molecule has 0 saturated heterocycles. The van der Waals surface area contributed by atoms with Crippen molar-refractivity contribution in [3.8, 4) is 11.1 Å². The van der Waals surface area contributed by atoms with Crippen LogP contribution in [-0.2, 0) is 0 Å². The molecule has 2 heterocycles. The number of nitrogens with zero attached hydrogens (tertiary/aromatic N) is 1. The van der Waals surface area contributed by atoms with Gasteiger partial charge in [0, 0.05) is 22.7 Å². The van der Waals surface area contributed by atoms with E-state index in [0.717, 1.165) is 39.2 Å². The fourth-order valence-electron chi connectivity index (χ4n) is 4.29. The molecule has 1 atom stereocenters. The van der Waals surface area contributed by atoms with Crippen LogP contribution in [-0.4, -0.2) is 16.1 Å². The molecule has 2 aromatic heterocycles. The van der Waals surface area contributed by atoms with Crippen LogP contribution >= 0.6 is 11.6 Å². The molecule has 0 bridgehead atoms. The Morgan fingerprint density at radius 1 is 1.12 bits per heavy atom. The van der Waals surface area contributed by atoms with Gasteiger partial charge in [0.25, 0.3) is 0 Å². The van der Waals surface area contributed by atoms with E-state index >= 15 is 0 Å². The van der Waals surface area contributed by atoms with Gasteiger partial charge in [0.2, 0.25) is 0 Å². The Morgan fingerprint density at radius 2 is 1.88 bits per heavy atom. The number of fused-ring (bicyclic) bond motifs is 3. The average molecular weight is 475 g/mol. The molecule has 0 radical (unpaired) electrons. The zero-order valence-corrected chi connectivity index (χ0v) is 19.2. The number of carboxylic acids is 1. The van der Waals surface area contributed by atoms with Crippen molar-refractivity contribution in [2.24, 2.45) is 0 Å². The van der Waals surface area contributed by atoms with Crippen LogP contribution in [0.25, 0.3) is 33.2 Å². The highest BCUT2D eigenvalue weighted by molar-refractivity contribution is 6.34. The number of hydrogen-bond donors (Lipinski definition) is 2. The Morgan fingerprint density at radius 3 is 2.62 bits per heavy atom. The summed E-state index contributed by atoms with van der Waals surface area (Å²) < 4.78 is 20.3. The lowest BCUT2D eigenvalue weighted by Gasteiger charge is -2.19. The molecule has 170 valence electrons. The van der Waals surface area contributed by atoms with Crippen LogP contribution in [0.5, 0.6) is 0 Å². The summed E-state index contributed by atoms with van der Waals surface area (Å²) in [4.78, 5) is 16.3. The van der Waals surface area contributed by atoms with Crippen LogP contribution in [0.4, 0.5) is 10.1 Å². The Bertz CT molecular complexity index is 1560. The van der Waals surface area contributed by atoms with Crippen molar-refractivity contribution in [1.29, 1.82) is 0 Å². The first-order chi connectivity index (χ1) is 16.3. The molecule has 34 heavy (non-hydrogen) atoms. The second-order valence-corrected chi connectivity index (χ2v) is 8.57. The summed E-state index contributed by atoms with van der Waals surface area (Å²) in [5.41, 5.74) is 5.78. The highest BCUT2D eigenvalue weighted by Gasteiger charge is 2.23. The van der Waals surface area contributed by atoms with E-state index in [9.17, 15) is 14.3 Å².